The third-order valence-corrected chi connectivity index (χ3v) is 2.93. The van der Waals surface area contributed by atoms with Crippen LogP contribution in [0.1, 0.15) is 21.7 Å². The largest absolute Gasteiger partial charge is 0.493 e. The maximum absolute atomic E-state index is 12.4. The van der Waals surface area contributed by atoms with Crippen LogP contribution in [-0.2, 0) is 4.79 Å². The van der Waals surface area contributed by atoms with Crippen LogP contribution in [-0.4, -0.2) is 33.4 Å². The molecule has 109 valence electrons. The molecule has 0 saturated carbocycles. The minimum atomic E-state index is -0.402. The summed E-state index contributed by atoms with van der Waals surface area (Å²) in [5.41, 5.74) is 0.404. The molecule has 0 aliphatic rings. The molecule has 2 rings (SSSR count). The van der Waals surface area contributed by atoms with E-state index in [0.29, 0.717) is 17.2 Å². The second kappa shape index (κ2) is 6.13. The standard InChI is InChI=1S/C15H13O6/c1-18-11-6-9(7-12(19-2)15(11)20-3)14(17)10-4-5-21-13(10)8-16/h4-7H,1-3H3. The second-order valence-electron chi connectivity index (χ2n) is 4.01. The van der Waals surface area contributed by atoms with E-state index in [9.17, 15) is 9.59 Å². The molecule has 2 aromatic rings. The van der Waals surface area contributed by atoms with E-state index in [1.807, 2.05) is 0 Å². The number of hydrogen-bond acceptors (Lipinski definition) is 6. The molecule has 0 amide bonds. The van der Waals surface area contributed by atoms with E-state index in [0.717, 1.165) is 0 Å². The van der Waals surface area contributed by atoms with E-state index >= 15 is 0 Å². The van der Waals surface area contributed by atoms with E-state index in [1.54, 1.807) is 6.29 Å². The Morgan fingerprint density at radius 3 is 2.19 bits per heavy atom. The molecule has 0 N–H and O–H groups in total. The SMILES string of the molecule is COc1cc(C(=O)c2ccoc2[C]=O)cc(OC)c1OC. The first-order valence-corrected chi connectivity index (χ1v) is 5.96. The van der Waals surface area contributed by atoms with Crippen LogP contribution in [0.2, 0.25) is 0 Å². The molecule has 1 aromatic heterocycles. The van der Waals surface area contributed by atoms with Crippen LogP contribution in [0.3, 0.4) is 0 Å². The summed E-state index contributed by atoms with van der Waals surface area (Å²) in [6.45, 7) is 0. The molecule has 0 aliphatic carbocycles. The number of carbonyl (C=O) groups is 1. The molecule has 0 saturated heterocycles. The Morgan fingerprint density at radius 1 is 1.10 bits per heavy atom. The Morgan fingerprint density at radius 2 is 1.71 bits per heavy atom. The normalized spacial score (nSPS) is 10.0. The molecule has 0 unspecified atom stereocenters. The number of rotatable bonds is 6. The molecule has 6 heteroatoms. The Balaban J connectivity index is 2.54. The monoisotopic (exact) mass is 289 g/mol. The topological polar surface area (TPSA) is 75.0 Å². The van der Waals surface area contributed by atoms with Crippen LogP contribution in [0, 0.1) is 0 Å². The van der Waals surface area contributed by atoms with Crippen LogP contribution < -0.4 is 14.2 Å². The van der Waals surface area contributed by atoms with Gasteiger partial charge in [-0.2, -0.15) is 0 Å². The number of benzene rings is 1. The van der Waals surface area contributed by atoms with Gasteiger partial charge in [0.15, 0.2) is 23.0 Å². The first-order valence-electron chi connectivity index (χ1n) is 5.96. The lowest BCUT2D eigenvalue weighted by Crippen LogP contribution is -2.05. The molecule has 21 heavy (non-hydrogen) atoms. The van der Waals surface area contributed by atoms with Gasteiger partial charge in [-0.25, -0.2) is 0 Å². The first kappa shape index (κ1) is 14.6. The minimum Gasteiger partial charge on any atom is -0.493 e. The van der Waals surface area contributed by atoms with Crippen LogP contribution in [0.4, 0.5) is 0 Å². The molecule has 1 heterocycles. The van der Waals surface area contributed by atoms with Crippen molar-refractivity contribution in [2.45, 2.75) is 0 Å². The fourth-order valence-electron chi connectivity index (χ4n) is 1.93. The second-order valence-corrected chi connectivity index (χ2v) is 4.01. The lowest BCUT2D eigenvalue weighted by Gasteiger charge is -2.13. The van der Waals surface area contributed by atoms with Gasteiger partial charge in [0.25, 0.3) is 6.29 Å². The van der Waals surface area contributed by atoms with Gasteiger partial charge in [-0.3, -0.25) is 9.59 Å². The highest BCUT2D eigenvalue weighted by Gasteiger charge is 2.21. The highest BCUT2D eigenvalue weighted by atomic mass is 16.5. The maximum atomic E-state index is 12.4. The number of carbonyl (C=O) groups excluding carboxylic acids is 2. The lowest BCUT2D eigenvalue weighted by atomic mass is 10.0. The Kier molecular flexibility index (Phi) is 4.27. The van der Waals surface area contributed by atoms with Crippen LogP contribution in [0.5, 0.6) is 17.2 Å². The number of hydrogen-bond donors (Lipinski definition) is 0. The van der Waals surface area contributed by atoms with Crippen molar-refractivity contribution in [3.63, 3.8) is 0 Å². The zero-order valence-electron chi connectivity index (χ0n) is 11.8. The van der Waals surface area contributed by atoms with Gasteiger partial charge in [0.05, 0.1) is 33.2 Å². The number of ketones is 1. The molecule has 0 fully saturated rings. The smallest absolute Gasteiger partial charge is 0.272 e. The summed E-state index contributed by atoms with van der Waals surface area (Å²) in [5.74, 6) is 0.529. The average molecular weight is 289 g/mol. The van der Waals surface area contributed by atoms with Crippen molar-refractivity contribution in [2.24, 2.45) is 0 Å². The predicted molar refractivity (Wildman–Crippen MR) is 73.0 cm³/mol. The number of furan rings is 1. The molecule has 6 nitrogen and oxygen atoms in total. The summed E-state index contributed by atoms with van der Waals surface area (Å²) in [6.07, 6.45) is 2.84. The van der Waals surface area contributed by atoms with Crippen molar-refractivity contribution < 1.29 is 28.2 Å². The van der Waals surface area contributed by atoms with Crippen LogP contribution in [0.25, 0.3) is 0 Å². The zero-order chi connectivity index (χ0) is 15.4. The predicted octanol–water partition coefficient (Wildman–Crippen LogP) is 1.99. The molecule has 1 aromatic carbocycles. The molecule has 0 spiro atoms. The fraction of sp³-hybridized carbons (Fsp3) is 0.200. The zero-order valence-corrected chi connectivity index (χ0v) is 11.8. The average Bonchev–Trinajstić information content (AvgIpc) is 3.01. The molecule has 0 bridgehead atoms. The van der Waals surface area contributed by atoms with Gasteiger partial charge in [0, 0.05) is 5.56 Å². The summed E-state index contributed by atoms with van der Waals surface area (Å²) >= 11 is 0. The number of methoxy groups -OCH3 is 3. The Hall–Kier alpha value is -2.76. The van der Waals surface area contributed by atoms with Crippen molar-refractivity contribution in [1.29, 1.82) is 0 Å². The van der Waals surface area contributed by atoms with Crippen molar-refractivity contribution in [3.8, 4) is 17.2 Å². The van der Waals surface area contributed by atoms with Gasteiger partial charge in [-0.15, -0.1) is 0 Å². The quantitative estimate of drug-likeness (QED) is 0.757. The van der Waals surface area contributed by atoms with Gasteiger partial charge >= 0.3 is 0 Å². The van der Waals surface area contributed by atoms with Crippen LogP contribution >= 0.6 is 0 Å². The number of ether oxygens (including phenoxy) is 3. The summed E-state index contributed by atoms with van der Waals surface area (Å²) in [7, 11) is 4.37. The highest BCUT2D eigenvalue weighted by molar-refractivity contribution is 6.12. The highest BCUT2D eigenvalue weighted by Crippen LogP contribution is 2.38. The van der Waals surface area contributed by atoms with Crippen LogP contribution in [0.15, 0.2) is 28.9 Å². The van der Waals surface area contributed by atoms with Gasteiger partial charge < -0.3 is 18.6 Å². The summed E-state index contributed by atoms with van der Waals surface area (Å²) in [4.78, 5) is 23.2. The fourth-order valence-corrected chi connectivity index (χ4v) is 1.93. The Labute approximate surface area is 121 Å². The van der Waals surface area contributed by atoms with E-state index in [2.05, 4.69) is 0 Å². The molecule has 0 atom stereocenters. The van der Waals surface area contributed by atoms with Gasteiger partial charge in [0.2, 0.25) is 5.75 Å². The lowest BCUT2D eigenvalue weighted by molar-refractivity contribution is 0.103. The maximum Gasteiger partial charge on any atom is 0.272 e. The van der Waals surface area contributed by atoms with E-state index in [1.165, 1.54) is 45.8 Å². The summed E-state index contributed by atoms with van der Waals surface area (Å²) in [5, 5.41) is 0. The molecular weight excluding hydrogens is 276 g/mol. The first-order chi connectivity index (χ1) is 10.2. The minimum absolute atomic E-state index is 0.124. The van der Waals surface area contributed by atoms with E-state index < -0.39 is 5.78 Å². The van der Waals surface area contributed by atoms with Gasteiger partial charge in [-0.1, -0.05) is 0 Å². The summed E-state index contributed by atoms with van der Waals surface area (Å²) in [6, 6.07) is 4.42. The molecule has 0 aliphatic heterocycles. The van der Waals surface area contributed by atoms with Crippen molar-refractivity contribution >= 4 is 12.1 Å². The Bertz CT molecular complexity index is 646. The van der Waals surface area contributed by atoms with Crippen molar-refractivity contribution in [3.05, 3.63) is 41.3 Å². The van der Waals surface area contributed by atoms with Gasteiger partial charge in [-0.05, 0) is 18.2 Å². The van der Waals surface area contributed by atoms with Gasteiger partial charge in [0.1, 0.15) is 0 Å². The summed E-state index contributed by atoms with van der Waals surface area (Å²) < 4.78 is 20.4. The van der Waals surface area contributed by atoms with E-state index in [4.69, 9.17) is 18.6 Å². The molecular formula is C15H13O6. The third-order valence-electron chi connectivity index (χ3n) is 2.93. The molecule has 1 radical (unpaired) electrons. The van der Waals surface area contributed by atoms with E-state index in [-0.39, 0.29) is 16.9 Å². The van der Waals surface area contributed by atoms with Crippen molar-refractivity contribution in [1.82, 2.24) is 0 Å². The van der Waals surface area contributed by atoms with Crippen molar-refractivity contribution in [2.75, 3.05) is 21.3 Å². The third kappa shape index (κ3) is 2.60.